The van der Waals surface area contributed by atoms with Crippen molar-refractivity contribution in [1.29, 1.82) is 0 Å². The molecule has 0 aromatic heterocycles. The minimum Gasteiger partial charge on any atom is -0.324 e. The zero-order valence-electron chi connectivity index (χ0n) is 15.3. The number of piperidine rings is 1. The summed E-state index contributed by atoms with van der Waals surface area (Å²) in [5, 5.41) is 3.57. The maximum Gasteiger partial charge on any atom is 0.0536 e. The number of aliphatic imine (C=N–C) groups is 1. The molecule has 0 aromatic rings. The lowest BCUT2D eigenvalue weighted by atomic mass is 9.88. The Kier molecular flexibility index (Phi) is 7.08. The average molecular weight is 346 g/mol. The van der Waals surface area contributed by atoms with Gasteiger partial charge in [0.25, 0.3) is 0 Å². The first-order valence-electron chi connectivity index (χ1n) is 8.77. The Morgan fingerprint density at radius 2 is 2.38 bits per heavy atom. The molecule has 0 radical (unpaired) electrons. The summed E-state index contributed by atoms with van der Waals surface area (Å²) in [6.45, 7) is 8.95. The first kappa shape index (κ1) is 19.2. The molecular weight excluding hydrogens is 314 g/mol. The topological polar surface area (TPSA) is 50.4 Å². The average Bonchev–Trinajstić information content (AvgIpc) is 2.56. The van der Waals surface area contributed by atoms with Gasteiger partial charge in [0.2, 0.25) is 0 Å². The lowest BCUT2D eigenvalue weighted by Gasteiger charge is -2.35. The van der Waals surface area contributed by atoms with Gasteiger partial charge in [-0.15, -0.1) is 11.8 Å². The van der Waals surface area contributed by atoms with Gasteiger partial charge in [-0.2, -0.15) is 0 Å². The van der Waals surface area contributed by atoms with Crippen LogP contribution in [-0.2, 0) is 0 Å². The quantitative estimate of drug-likeness (QED) is 0.704. The predicted molar refractivity (Wildman–Crippen MR) is 109 cm³/mol. The Morgan fingerprint density at radius 3 is 3.00 bits per heavy atom. The molecule has 2 aliphatic rings. The minimum atomic E-state index is -0.110. The van der Waals surface area contributed by atoms with Crippen molar-refractivity contribution in [2.24, 2.45) is 10.7 Å². The lowest BCUT2D eigenvalue weighted by molar-refractivity contribution is 0.302. The van der Waals surface area contributed by atoms with Gasteiger partial charge in [-0.05, 0) is 57.8 Å². The minimum absolute atomic E-state index is 0.110. The van der Waals surface area contributed by atoms with E-state index in [9.17, 15) is 0 Å². The maximum absolute atomic E-state index is 6.23. The van der Waals surface area contributed by atoms with Crippen LogP contribution in [-0.4, -0.2) is 30.6 Å². The zero-order valence-corrected chi connectivity index (χ0v) is 16.1. The van der Waals surface area contributed by atoms with Crippen LogP contribution in [0.2, 0.25) is 0 Å². The zero-order chi connectivity index (χ0) is 17.6. The molecule has 0 saturated carbocycles. The summed E-state index contributed by atoms with van der Waals surface area (Å²) in [5.74, 6) is 0. The SMILES string of the molecule is C=CC=N/C(=C\CC1=C(C)CCC=C1SC)C1CCC(C)(N)CN1. The summed E-state index contributed by atoms with van der Waals surface area (Å²) >= 11 is 1.85. The highest BCUT2D eigenvalue weighted by Crippen LogP contribution is 2.34. The van der Waals surface area contributed by atoms with Crippen LogP contribution in [0.15, 0.2) is 51.5 Å². The molecule has 1 aliphatic heterocycles. The number of nitrogens with one attached hydrogen (secondary N) is 1. The van der Waals surface area contributed by atoms with Crippen LogP contribution >= 0.6 is 11.8 Å². The van der Waals surface area contributed by atoms with E-state index in [0.717, 1.165) is 37.9 Å². The van der Waals surface area contributed by atoms with Gasteiger partial charge in [0.1, 0.15) is 0 Å². The summed E-state index contributed by atoms with van der Waals surface area (Å²) in [6, 6.07) is 0.282. The molecule has 0 spiro atoms. The Balaban J connectivity index is 2.16. The van der Waals surface area contributed by atoms with E-state index in [1.165, 1.54) is 22.5 Å². The fraction of sp³-hybridized carbons (Fsp3) is 0.550. The molecule has 2 unspecified atom stereocenters. The van der Waals surface area contributed by atoms with E-state index >= 15 is 0 Å². The van der Waals surface area contributed by atoms with Crippen LogP contribution < -0.4 is 11.1 Å². The van der Waals surface area contributed by atoms with E-state index in [-0.39, 0.29) is 11.6 Å². The number of nitrogens with two attached hydrogens (primary N) is 1. The van der Waals surface area contributed by atoms with Crippen LogP contribution in [0.25, 0.3) is 0 Å². The Morgan fingerprint density at radius 1 is 1.58 bits per heavy atom. The number of allylic oxidation sites excluding steroid dienone is 5. The van der Waals surface area contributed by atoms with E-state index in [4.69, 9.17) is 5.73 Å². The van der Waals surface area contributed by atoms with E-state index < -0.39 is 0 Å². The van der Waals surface area contributed by atoms with Crippen LogP contribution in [0, 0.1) is 0 Å². The summed E-state index contributed by atoms with van der Waals surface area (Å²) in [4.78, 5) is 6.06. The molecule has 1 heterocycles. The predicted octanol–water partition coefficient (Wildman–Crippen LogP) is 4.34. The number of rotatable bonds is 6. The monoisotopic (exact) mass is 345 g/mol. The first-order chi connectivity index (χ1) is 11.5. The number of nitrogens with zero attached hydrogens (tertiary/aromatic N) is 1. The fourth-order valence-electron chi connectivity index (χ4n) is 3.29. The lowest BCUT2D eigenvalue weighted by Crippen LogP contribution is -2.54. The van der Waals surface area contributed by atoms with Crippen molar-refractivity contribution in [3.63, 3.8) is 0 Å². The summed E-state index contributed by atoms with van der Waals surface area (Å²) < 4.78 is 0. The summed E-state index contributed by atoms with van der Waals surface area (Å²) in [6.07, 6.45) is 15.7. The van der Waals surface area contributed by atoms with Gasteiger partial charge in [-0.3, -0.25) is 4.99 Å². The third kappa shape index (κ3) is 5.20. The molecule has 0 amide bonds. The van der Waals surface area contributed by atoms with Crippen LogP contribution in [0.1, 0.15) is 46.0 Å². The second-order valence-corrected chi connectivity index (χ2v) is 7.89. The maximum atomic E-state index is 6.23. The normalized spacial score (nSPS) is 29.1. The highest BCUT2D eigenvalue weighted by Gasteiger charge is 2.28. The molecule has 0 aromatic carbocycles. The molecule has 3 N–H and O–H groups in total. The van der Waals surface area contributed by atoms with Gasteiger partial charge in [-0.25, -0.2) is 0 Å². The second-order valence-electron chi connectivity index (χ2n) is 7.04. The molecule has 0 bridgehead atoms. The van der Waals surface area contributed by atoms with Crippen molar-refractivity contribution in [3.8, 4) is 0 Å². The molecule has 132 valence electrons. The third-order valence-corrected chi connectivity index (χ3v) is 5.69. The molecule has 1 saturated heterocycles. The Labute approximate surface area is 151 Å². The van der Waals surface area contributed by atoms with Crippen molar-refractivity contribution < 1.29 is 0 Å². The Bertz CT molecular complexity index is 572. The van der Waals surface area contributed by atoms with Crippen molar-refractivity contribution in [2.75, 3.05) is 12.8 Å². The van der Waals surface area contributed by atoms with Gasteiger partial charge in [0.15, 0.2) is 0 Å². The largest absolute Gasteiger partial charge is 0.324 e. The van der Waals surface area contributed by atoms with E-state index in [2.05, 4.69) is 49.1 Å². The third-order valence-electron chi connectivity index (χ3n) is 4.84. The van der Waals surface area contributed by atoms with E-state index in [0.29, 0.717) is 0 Å². The molecule has 3 nitrogen and oxygen atoms in total. The Hall–Kier alpha value is -1.10. The highest BCUT2D eigenvalue weighted by molar-refractivity contribution is 8.02. The molecule has 24 heavy (non-hydrogen) atoms. The molecule has 4 heteroatoms. The van der Waals surface area contributed by atoms with Crippen LogP contribution in [0.4, 0.5) is 0 Å². The van der Waals surface area contributed by atoms with Crippen LogP contribution in [0.3, 0.4) is 0 Å². The van der Waals surface area contributed by atoms with Gasteiger partial charge in [0.05, 0.1) is 5.70 Å². The van der Waals surface area contributed by atoms with Crippen molar-refractivity contribution in [1.82, 2.24) is 5.32 Å². The number of thioether (sulfide) groups is 1. The summed E-state index contributed by atoms with van der Waals surface area (Å²) in [5.41, 5.74) is 10.2. The second kappa shape index (κ2) is 8.84. The fourth-order valence-corrected chi connectivity index (χ4v) is 4.08. The van der Waals surface area contributed by atoms with E-state index in [1.54, 1.807) is 12.3 Å². The van der Waals surface area contributed by atoms with Gasteiger partial charge in [0, 0.05) is 29.2 Å². The van der Waals surface area contributed by atoms with Crippen LogP contribution in [0.5, 0.6) is 0 Å². The number of hydrogen-bond donors (Lipinski definition) is 2. The van der Waals surface area contributed by atoms with E-state index in [1.807, 2.05) is 11.8 Å². The van der Waals surface area contributed by atoms with Crippen molar-refractivity contribution >= 4 is 18.0 Å². The number of hydrogen-bond acceptors (Lipinski definition) is 4. The van der Waals surface area contributed by atoms with Crippen molar-refractivity contribution in [3.05, 3.63) is 46.6 Å². The summed E-state index contributed by atoms with van der Waals surface area (Å²) in [7, 11) is 0. The molecular formula is C20H31N3S. The van der Waals surface area contributed by atoms with Crippen molar-refractivity contribution in [2.45, 2.75) is 57.5 Å². The smallest absolute Gasteiger partial charge is 0.0536 e. The van der Waals surface area contributed by atoms with Gasteiger partial charge >= 0.3 is 0 Å². The van der Waals surface area contributed by atoms with Gasteiger partial charge in [-0.1, -0.05) is 30.4 Å². The standard InChI is InChI=1S/C20H31N3S/c1-5-13-22-17(18-11-12-20(3,21)14-23-18)10-9-16-15(2)7-6-8-19(16)24-4/h5,8,10,13,18,23H,1,6-7,9,11-12,14,21H2,2-4H3/b17-10-,22-13?. The first-order valence-corrected chi connectivity index (χ1v) is 10.00. The molecule has 2 atom stereocenters. The highest BCUT2D eigenvalue weighted by atomic mass is 32.2. The molecule has 2 rings (SSSR count). The molecule has 1 aliphatic carbocycles. The molecule has 1 fully saturated rings. The van der Waals surface area contributed by atoms with Gasteiger partial charge < -0.3 is 11.1 Å².